The Kier molecular flexibility index (Phi) is 4.44. The van der Waals surface area contributed by atoms with E-state index in [1.54, 1.807) is 7.11 Å². The van der Waals surface area contributed by atoms with Gasteiger partial charge in [-0.25, -0.2) is 0 Å². The van der Waals surface area contributed by atoms with Gasteiger partial charge in [-0.1, -0.05) is 36.4 Å². The molecule has 0 amide bonds. The normalized spacial score (nSPS) is 10.9. The molecule has 0 radical (unpaired) electrons. The summed E-state index contributed by atoms with van der Waals surface area (Å²) in [5.41, 5.74) is 2.87. The van der Waals surface area contributed by atoms with E-state index in [9.17, 15) is 4.79 Å². The van der Waals surface area contributed by atoms with Crippen molar-refractivity contribution in [2.45, 2.75) is 6.54 Å². The first-order valence-electron chi connectivity index (χ1n) is 7.60. The fourth-order valence-electron chi connectivity index (χ4n) is 2.82. The van der Waals surface area contributed by atoms with Gasteiger partial charge in [0, 0.05) is 41.8 Å². The van der Waals surface area contributed by atoms with Crippen molar-refractivity contribution in [2.24, 2.45) is 7.05 Å². The van der Waals surface area contributed by atoms with Gasteiger partial charge in [0.05, 0.1) is 13.7 Å². The molecule has 118 valence electrons. The summed E-state index contributed by atoms with van der Waals surface area (Å²) in [6, 6.07) is 15.8. The third-order valence-electron chi connectivity index (χ3n) is 3.99. The molecule has 0 atom stereocenters. The van der Waals surface area contributed by atoms with Gasteiger partial charge in [0.2, 0.25) is 0 Å². The molecule has 1 aromatic heterocycles. The van der Waals surface area contributed by atoms with E-state index in [2.05, 4.69) is 5.32 Å². The number of fused-ring (bicyclic) bond motifs is 1. The number of benzene rings is 2. The molecule has 4 nitrogen and oxygen atoms in total. The predicted molar refractivity (Wildman–Crippen MR) is 92.0 cm³/mol. The van der Waals surface area contributed by atoms with Gasteiger partial charge in [0.15, 0.2) is 5.78 Å². The molecule has 0 saturated heterocycles. The molecule has 0 aliphatic rings. The van der Waals surface area contributed by atoms with E-state index in [0.717, 1.165) is 27.8 Å². The highest BCUT2D eigenvalue weighted by Crippen LogP contribution is 2.21. The molecule has 3 rings (SSSR count). The number of Topliss-reactive ketones (excluding diaryl/α,β-unsaturated/α-hetero) is 1. The smallest absolute Gasteiger partial charge is 0.178 e. The number of nitrogens with one attached hydrogen (secondary N) is 1. The molecule has 0 fully saturated rings. The topological polar surface area (TPSA) is 43.3 Å². The predicted octanol–water partition coefficient (Wildman–Crippen LogP) is 3.16. The number of aryl methyl sites for hydroxylation is 1. The minimum Gasteiger partial charge on any atom is -0.496 e. The van der Waals surface area contributed by atoms with Crippen LogP contribution in [0.5, 0.6) is 5.75 Å². The van der Waals surface area contributed by atoms with Gasteiger partial charge in [-0.15, -0.1) is 0 Å². The van der Waals surface area contributed by atoms with Crippen LogP contribution in [0.1, 0.15) is 15.9 Å². The molecule has 3 aromatic rings. The van der Waals surface area contributed by atoms with Crippen molar-refractivity contribution in [3.05, 3.63) is 65.9 Å². The molecule has 1 heterocycles. The van der Waals surface area contributed by atoms with E-state index in [1.165, 1.54) is 0 Å². The van der Waals surface area contributed by atoms with Crippen LogP contribution in [0.3, 0.4) is 0 Å². The Hall–Kier alpha value is -2.59. The second-order valence-corrected chi connectivity index (χ2v) is 5.51. The third kappa shape index (κ3) is 3.12. The number of nitrogens with zero attached hydrogens (tertiary/aromatic N) is 1. The summed E-state index contributed by atoms with van der Waals surface area (Å²) in [4.78, 5) is 12.5. The van der Waals surface area contributed by atoms with Gasteiger partial charge in [-0.3, -0.25) is 4.79 Å². The van der Waals surface area contributed by atoms with Crippen molar-refractivity contribution >= 4 is 16.7 Å². The van der Waals surface area contributed by atoms with Gasteiger partial charge in [0.25, 0.3) is 0 Å². The summed E-state index contributed by atoms with van der Waals surface area (Å²) < 4.78 is 7.31. The molecule has 2 aromatic carbocycles. The summed E-state index contributed by atoms with van der Waals surface area (Å²) in [5, 5.41) is 4.21. The fourth-order valence-corrected chi connectivity index (χ4v) is 2.82. The Balaban J connectivity index is 1.70. The van der Waals surface area contributed by atoms with Crippen molar-refractivity contribution < 1.29 is 9.53 Å². The number of ketones is 1. The van der Waals surface area contributed by atoms with Crippen LogP contribution < -0.4 is 10.1 Å². The van der Waals surface area contributed by atoms with Gasteiger partial charge >= 0.3 is 0 Å². The SMILES string of the molecule is COc1ccccc1CNCC(=O)c1cn(C)c2ccccc12. The van der Waals surface area contributed by atoms with Crippen molar-refractivity contribution in [3.8, 4) is 5.75 Å². The maximum Gasteiger partial charge on any atom is 0.178 e. The summed E-state index contributed by atoms with van der Waals surface area (Å²) in [6.07, 6.45) is 1.90. The van der Waals surface area contributed by atoms with Crippen molar-refractivity contribution in [1.29, 1.82) is 0 Å². The lowest BCUT2D eigenvalue weighted by molar-refractivity contribution is 0.0992. The number of hydrogen-bond acceptors (Lipinski definition) is 3. The molecule has 4 heteroatoms. The number of carbonyl (C=O) groups excluding carboxylic acids is 1. The molecule has 0 aliphatic carbocycles. The first-order chi connectivity index (χ1) is 11.2. The van der Waals surface area contributed by atoms with Gasteiger partial charge < -0.3 is 14.6 Å². The van der Waals surface area contributed by atoms with E-state index < -0.39 is 0 Å². The number of carbonyl (C=O) groups is 1. The number of hydrogen-bond donors (Lipinski definition) is 1. The van der Waals surface area contributed by atoms with Crippen LogP contribution in [0.2, 0.25) is 0 Å². The van der Waals surface area contributed by atoms with Crippen LogP contribution in [-0.4, -0.2) is 24.0 Å². The fraction of sp³-hybridized carbons (Fsp3) is 0.211. The van der Waals surface area contributed by atoms with E-state index in [4.69, 9.17) is 4.74 Å². The Morgan fingerprint density at radius 3 is 2.70 bits per heavy atom. The van der Waals surface area contributed by atoms with Gasteiger partial charge in [-0.2, -0.15) is 0 Å². The molecular weight excluding hydrogens is 288 g/mol. The summed E-state index contributed by atoms with van der Waals surface area (Å²) >= 11 is 0. The first kappa shape index (κ1) is 15.3. The Labute approximate surface area is 135 Å². The van der Waals surface area contributed by atoms with Crippen LogP contribution in [-0.2, 0) is 13.6 Å². The minimum absolute atomic E-state index is 0.0942. The summed E-state index contributed by atoms with van der Waals surface area (Å²) in [5.74, 6) is 0.925. The van der Waals surface area contributed by atoms with Crippen LogP contribution in [0.4, 0.5) is 0 Å². The number of ether oxygens (including phenoxy) is 1. The highest BCUT2D eigenvalue weighted by molar-refractivity contribution is 6.09. The number of para-hydroxylation sites is 2. The standard InChI is InChI=1S/C19H20N2O2/c1-21-13-16(15-8-4-5-9-17(15)21)18(22)12-20-11-14-7-3-6-10-19(14)23-2/h3-10,13,20H,11-12H2,1-2H3. The van der Waals surface area contributed by atoms with E-state index in [0.29, 0.717) is 13.1 Å². The lowest BCUT2D eigenvalue weighted by Gasteiger charge is -2.08. The highest BCUT2D eigenvalue weighted by atomic mass is 16.5. The van der Waals surface area contributed by atoms with Crippen LogP contribution in [0.25, 0.3) is 10.9 Å². The lowest BCUT2D eigenvalue weighted by atomic mass is 10.1. The van der Waals surface area contributed by atoms with Crippen LogP contribution in [0.15, 0.2) is 54.7 Å². The van der Waals surface area contributed by atoms with E-state index in [1.807, 2.05) is 66.3 Å². The van der Waals surface area contributed by atoms with Crippen LogP contribution >= 0.6 is 0 Å². The second-order valence-electron chi connectivity index (χ2n) is 5.51. The molecular formula is C19H20N2O2. The van der Waals surface area contributed by atoms with Gasteiger partial charge in [-0.05, 0) is 12.1 Å². The largest absolute Gasteiger partial charge is 0.496 e. The molecule has 0 bridgehead atoms. The van der Waals surface area contributed by atoms with Crippen molar-refractivity contribution in [1.82, 2.24) is 9.88 Å². The van der Waals surface area contributed by atoms with Crippen LogP contribution in [0, 0.1) is 0 Å². The summed E-state index contributed by atoms with van der Waals surface area (Å²) in [7, 11) is 3.61. The van der Waals surface area contributed by atoms with E-state index in [-0.39, 0.29) is 5.78 Å². The zero-order valence-corrected chi connectivity index (χ0v) is 13.4. The zero-order chi connectivity index (χ0) is 16.2. The summed E-state index contributed by atoms with van der Waals surface area (Å²) in [6.45, 7) is 0.895. The number of methoxy groups -OCH3 is 1. The number of aromatic nitrogens is 1. The minimum atomic E-state index is 0.0942. The Morgan fingerprint density at radius 1 is 1.13 bits per heavy atom. The third-order valence-corrected chi connectivity index (χ3v) is 3.99. The number of rotatable bonds is 6. The molecule has 0 spiro atoms. The first-order valence-corrected chi connectivity index (χ1v) is 7.60. The Bertz CT molecular complexity index is 836. The lowest BCUT2D eigenvalue weighted by Crippen LogP contribution is -2.22. The highest BCUT2D eigenvalue weighted by Gasteiger charge is 2.13. The monoisotopic (exact) mass is 308 g/mol. The van der Waals surface area contributed by atoms with Crippen molar-refractivity contribution in [2.75, 3.05) is 13.7 Å². The Morgan fingerprint density at radius 2 is 1.87 bits per heavy atom. The van der Waals surface area contributed by atoms with Crippen molar-refractivity contribution in [3.63, 3.8) is 0 Å². The average Bonchev–Trinajstić information content (AvgIpc) is 2.93. The zero-order valence-electron chi connectivity index (χ0n) is 13.4. The maximum atomic E-state index is 12.5. The van der Waals surface area contributed by atoms with E-state index >= 15 is 0 Å². The maximum absolute atomic E-state index is 12.5. The van der Waals surface area contributed by atoms with Gasteiger partial charge in [0.1, 0.15) is 5.75 Å². The molecule has 23 heavy (non-hydrogen) atoms. The molecule has 1 N–H and O–H groups in total. The molecule has 0 unspecified atom stereocenters. The quantitative estimate of drug-likeness (QED) is 0.711. The second kappa shape index (κ2) is 6.67. The molecule has 0 saturated carbocycles. The average molecular weight is 308 g/mol. The molecule has 0 aliphatic heterocycles.